The van der Waals surface area contributed by atoms with Gasteiger partial charge in [-0.2, -0.15) is 0 Å². The third-order valence-corrected chi connectivity index (χ3v) is 5.82. The predicted molar refractivity (Wildman–Crippen MR) is 94.5 cm³/mol. The Kier molecular flexibility index (Phi) is 4.27. The van der Waals surface area contributed by atoms with E-state index in [9.17, 15) is 9.59 Å². The Labute approximate surface area is 148 Å². The molecule has 1 aromatic rings. The van der Waals surface area contributed by atoms with Gasteiger partial charge in [-0.05, 0) is 43.2 Å². The van der Waals surface area contributed by atoms with Gasteiger partial charge in [-0.1, -0.05) is 12.1 Å². The highest BCUT2D eigenvalue weighted by molar-refractivity contribution is 5.91. The van der Waals surface area contributed by atoms with Gasteiger partial charge in [-0.15, -0.1) is 0 Å². The molecule has 3 fully saturated rings. The maximum absolute atomic E-state index is 12.8. The highest BCUT2D eigenvalue weighted by Gasteiger charge is 2.44. The summed E-state index contributed by atoms with van der Waals surface area (Å²) in [5.74, 6) is 1.76. The highest BCUT2D eigenvalue weighted by Crippen LogP contribution is 2.38. The number of piperidine rings is 3. The number of para-hydroxylation sites is 2. The van der Waals surface area contributed by atoms with E-state index in [-0.39, 0.29) is 6.03 Å². The van der Waals surface area contributed by atoms with E-state index in [4.69, 9.17) is 4.74 Å². The first-order chi connectivity index (χ1) is 12.2. The van der Waals surface area contributed by atoms with Crippen LogP contribution >= 0.6 is 0 Å². The van der Waals surface area contributed by atoms with Gasteiger partial charge < -0.3 is 19.9 Å². The number of fused-ring (bicyclic) bond motifs is 4. The number of likely N-dealkylation sites (tertiary alicyclic amines) is 1. The lowest BCUT2D eigenvalue weighted by atomic mass is 9.76. The van der Waals surface area contributed by atoms with Gasteiger partial charge in [0.2, 0.25) is 5.91 Å². The highest BCUT2D eigenvalue weighted by atomic mass is 16.5. The van der Waals surface area contributed by atoms with E-state index in [0.29, 0.717) is 48.2 Å². The zero-order valence-corrected chi connectivity index (χ0v) is 14.6. The number of benzene rings is 1. The summed E-state index contributed by atoms with van der Waals surface area (Å²) in [5.41, 5.74) is 0.695. The van der Waals surface area contributed by atoms with Crippen LogP contribution in [0.3, 0.4) is 0 Å². The second-order valence-corrected chi connectivity index (χ2v) is 7.40. The van der Waals surface area contributed by atoms with Crippen molar-refractivity contribution in [2.45, 2.75) is 31.7 Å². The molecule has 3 heterocycles. The van der Waals surface area contributed by atoms with Crippen molar-refractivity contribution in [1.29, 1.82) is 0 Å². The molecule has 25 heavy (non-hydrogen) atoms. The molecule has 1 aromatic carbocycles. The van der Waals surface area contributed by atoms with E-state index in [0.717, 1.165) is 32.4 Å². The van der Waals surface area contributed by atoms with E-state index in [1.165, 1.54) is 0 Å². The Balaban J connectivity index is 1.46. The van der Waals surface area contributed by atoms with Crippen LogP contribution in [0.25, 0.3) is 0 Å². The molecule has 4 rings (SSSR count). The van der Waals surface area contributed by atoms with Gasteiger partial charge >= 0.3 is 6.03 Å². The van der Waals surface area contributed by atoms with Crippen molar-refractivity contribution in [3.63, 3.8) is 0 Å². The summed E-state index contributed by atoms with van der Waals surface area (Å²) in [5, 5.41) is 2.98. The molecule has 0 aliphatic carbocycles. The fourth-order valence-corrected chi connectivity index (χ4v) is 4.72. The average Bonchev–Trinajstić information content (AvgIpc) is 2.63. The van der Waals surface area contributed by atoms with Gasteiger partial charge in [0.25, 0.3) is 0 Å². The molecule has 0 saturated carbocycles. The quantitative estimate of drug-likeness (QED) is 0.898. The van der Waals surface area contributed by atoms with Crippen molar-refractivity contribution in [3.05, 3.63) is 24.3 Å². The molecule has 0 radical (unpaired) electrons. The zero-order chi connectivity index (χ0) is 17.4. The van der Waals surface area contributed by atoms with Gasteiger partial charge in [-0.3, -0.25) is 4.79 Å². The fourth-order valence-electron chi connectivity index (χ4n) is 4.72. The van der Waals surface area contributed by atoms with Crippen molar-refractivity contribution in [2.75, 3.05) is 32.1 Å². The number of methoxy groups -OCH3 is 1. The minimum absolute atomic E-state index is 0.0743. The number of anilines is 1. The van der Waals surface area contributed by atoms with Crippen LogP contribution in [0.2, 0.25) is 0 Å². The van der Waals surface area contributed by atoms with Crippen LogP contribution in [0.1, 0.15) is 25.7 Å². The second kappa shape index (κ2) is 6.58. The number of ether oxygens (including phenoxy) is 1. The van der Waals surface area contributed by atoms with Crippen LogP contribution < -0.4 is 10.1 Å². The summed E-state index contributed by atoms with van der Waals surface area (Å²) >= 11 is 0. The molecule has 1 N–H and O–H groups in total. The maximum Gasteiger partial charge on any atom is 0.321 e. The minimum Gasteiger partial charge on any atom is -0.495 e. The van der Waals surface area contributed by atoms with Gasteiger partial charge in [0.05, 0.1) is 12.8 Å². The third kappa shape index (κ3) is 3.05. The lowest BCUT2D eigenvalue weighted by molar-refractivity contribution is -0.144. The Morgan fingerprint density at radius 3 is 2.92 bits per heavy atom. The topological polar surface area (TPSA) is 61.9 Å². The summed E-state index contributed by atoms with van der Waals surface area (Å²) in [4.78, 5) is 29.0. The van der Waals surface area contributed by atoms with Gasteiger partial charge in [0, 0.05) is 32.1 Å². The maximum atomic E-state index is 12.8. The molecule has 3 amide bonds. The van der Waals surface area contributed by atoms with Crippen LogP contribution in [0.5, 0.6) is 5.75 Å². The SMILES string of the molecule is COc1ccccc1NC(=O)N1CC2CC(C1)[C@H]1CCCC(=O)N1C2. The van der Waals surface area contributed by atoms with E-state index in [2.05, 4.69) is 10.2 Å². The van der Waals surface area contributed by atoms with Gasteiger partial charge in [0.15, 0.2) is 0 Å². The standard InChI is InChI=1S/C19H25N3O3/c1-25-17-7-3-2-5-15(17)20-19(24)21-10-13-9-14(12-21)16-6-4-8-18(23)22(16)11-13/h2-3,5,7,13-14,16H,4,6,8-12H2,1H3,(H,20,24)/t13?,14?,16-/m1/s1. The van der Waals surface area contributed by atoms with Gasteiger partial charge in [0.1, 0.15) is 5.75 Å². The van der Waals surface area contributed by atoms with Crippen LogP contribution in [0, 0.1) is 11.8 Å². The van der Waals surface area contributed by atoms with Crippen LogP contribution in [-0.4, -0.2) is 54.5 Å². The largest absolute Gasteiger partial charge is 0.495 e. The van der Waals surface area contributed by atoms with Gasteiger partial charge in [-0.25, -0.2) is 4.79 Å². The molecule has 3 atom stereocenters. The number of hydrogen-bond acceptors (Lipinski definition) is 3. The number of hydrogen-bond donors (Lipinski definition) is 1. The molecular weight excluding hydrogens is 318 g/mol. The fraction of sp³-hybridized carbons (Fsp3) is 0.579. The number of carbonyl (C=O) groups is 2. The smallest absolute Gasteiger partial charge is 0.321 e. The van der Waals surface area contributed by atoms with Crippen LogP contribution in [0.4, 0.5) is 10.5 Å². The van der Waals surface area contributed by atoms with Crippen molar-refractivity contribution in [1.82, 2.24) is 9.80 Å². The zero-order valence-electron chi connectivity index (χ0n) is 14.6. The summed E-state index contributed by atoms with van der Waals surface area (Å²) < 4.78 is 5.31. The summed E-state index contributed by atoms with van der Waals surface area (Å²) in [7, 11) is 1.60. The average molecular weight is 343 g/mol. The molecule has 3 aliphatic rings. The molecular formula is C19H25N3O3. The predicted octanol–water partition coefficient (Wildman–Crippen LogP) is 2.56. The number of nitrogens with zero attached hydrogens (tertiary/aromatic N) is 2. The van der Waals surface area contributed by atoms with Crippen LogP contribution in [0.15, 0.2) is 24.3 Å². The van der Waals surface area contributed by atoms with E-state index >= 15 is 0 Å². The summed E-state index contributed by atoms with van der Waals surface area (Å²) in [6.07, 6.45) is 3.88. The lowest BCUT2D eigenvalue weighted by Crippen LogP contribution is -2.61. The minimum atomic E-state index is -0.0743. The molecule has 3 aliphatic heterocycles. The molecule has 2 unspecified atom stereocenters. The molecule has 2 bridgehead atoms. The monoisotopic (exact) mass is 343 g/mol. The molecule has 3 saturated heterocycles. The number of carbonyl (C=O) groups excluding carboxylic acids is 2. The van der Waals surface area contributed by atoms with E-state index in [1.54, 1.807) is 7.11 Å². The Morgan fingerprint density at radius 1 is 1.24 bits per heavy atom. The molecule has 134 valence electrons. The molecule has 6 heteroatoms. The number of urea groups is 1. The first kappa shape index (κ1) is 16.2. The Hall–Kier alpha value is -2.24. The Morgan fingerprint density at radius 2 is 2.08 bits per heavy atom. The number of nitrogens with one attached hydrogen (secondary N) is 1. The van der Waals surface area contributed by atoms with Crippen LogP contribution in [-0.2, 0) is 4.79 Å². The summed E-state index contributed by atoms with van der Waals surface area (Å²) in [6, 6.07) is 7.70. The normalized spacial score (nSPS) is 28.4. The van der Waals surface area contributed by atoms with Crippen molar-refractivity contribution in [3.8, 4) is 5.75 Å². The van der Waals surface area contributed by atoms with Crippen molar-refractivity contribution >= 4 is 17.6 Å². The van der Waals surface area contributed by atoms with Crippen molar-refractivity contribution in [2.24, 2.45) is 11.8 Å². The Bertz CT molecular complexity index is 678. The third-order valence-electron chi connectivity index (χ3n) is 5.82. The molecule has 6 nitrogen and oxygen atoms in total. The van der Waals surface area contributed by atoms with E-state index in [1.807, 2.05) is 29.2 Å². The first-order valence-electron chi connectivity index (χ1n) is 9.14. The van der Waals surface area contributed by atoms with E-state index < -0.39 is 0 Å². The first-order valence-corrected chi connectivity index (χ1v) is 9.14. The number of rotatable bonds is 2. The lowest BCUT2D eigenvalue weighted by Gasteiger charge is -2.52. The molecule has 0 aromatic heterocycles. The number of amides is 3. The summed E-state index contributed by atoms with van der Waals surface area (Å²) in [6.45, 7) is 2.25. The molecule has 0 spiro atoms. The second-order valence-electron chi connectivity index (χ2n) is 7.40. The van der Waals surface area contributed by atoms with Crippen molar-refractivity contribution < 1.29 is 14.3 Å².